The standard InChI is InChI=1S/C24H20O3/c1-2-27-24(26)21-15-9-14-20(16-21)22(18-10-5-3-6-11-18)17-23(25)19-12-7-4-8-13-19/h3-17H,2H2,1H3/b22-17+. The van der Waals surface area contributed by atoms with Crippen molar-refractivity contribution in [2.45, 2.75) is 6.92 Å². The number of benzene rings is 3. The number of carbonyl (C=O) groups excluding carboxylic acids is 2. The predicted octanol–water partition coefficient (Wildman–Crippen LogP) is 5.18. The van der Waals surface area contributed by atoms with Gasteiger partial charge in [-0.3, -0.25) is 4.79 Å². The van der Waals surface area contributed by atoms with Gasteiger partial charge < -0.3 is 4.74 Å². The third-order valence-electron chi connectivity index (χ3n) is 4.10. The molecule has 0 radical (unpaired) electrons. The van der Waals surface area contributed by atoms with Gasteiger partial charge >= 0.3 is 5.97 Å². The van der Waals surface area contributed by atoms with Crippen molar-refractivity contribution in [1.82, 2.24) is 0 Å². The molecule has 0 fully saturated rings. The Hall–Kier alpha value is -3.46. The molecular formula is C24H20O3. The molecule has 134 valence electrons. The van der Waals surface area contributed by atoms with E-state index < -0.39 is 0 Å². The number of esters is 1. The second kappa shape index (κ2) is 8.77. The van der Waals surface area contributed by atoms with Gasteiger partial charge in [-0.2, -0.15) is 0 Å². The molecule has 0 spiro atoms. The van der Waals surface area contributed by atoms with Crippen molar-refractivity contribution in [3.05, 3.63) is 113 Å². The van der Waals surface area contributed by atoms with E-state index in [4.69, 9.17) is 4.74 Å². The van der Waals surface area contributed by atoms with Gasteiger partial charge in [0.1, 0.15) is 0 Å². The Kier molecular flexibility index (Phi) is 5.95. The lowest BCUT2D eigenvalue weighted by Crippen LogP contribution is -2.05. The van der Waals surface area contributed by atoms with Crippen LogP contribution in [0.15, 0.2) is 91.0 Å². The zero-order valence-electron chi connectivity index (χ0n) is 15.1. The summed E-state index contributed by atoms with van der Waals surface area (Å²) >= 11 is 0. The molecule has 3 rings (SSSR count). The van der Waals surface area contributed by atoms with Crippen molar-refractivity contribution in [1.29, 1.82) is 0 Å². The molecule has 0 unspecified atom stereocenters. The summed E-state index contributed by atoms with van der Waals surface area (Å²) in [5.41, 5.74) is 3.53. The van der Waals surface area contributed by atoms with E-state index in [1.807, 2.05) is 54.6 Å². The van der Waals surface area contributed by atoms with Crippen LogP contribution in [0.4, 0.5) is 0 Å². The summed E-state index contributed by atoms with van der Waals surface area (Å²) in [4.78, 5) is 24.8. The summed E-state index contributed by atoms with van der Waals surface area (Å²) in [5.74, 6) is -0.461. The van der Waals surface area contributed by atoms with Crippen LogP contribution in [0.25, 0.3) is 5.57 Å². The summed E-state index contributed by atoms with van der Waals surface area (Å²) in [6.07, 6.45) is 1.62. The molecule has 3 nitrogen and oxygen atoms in total. The molecular weight excluding hydrogens is 336 g/mol. The molecule has 0 saturated carbocycles. The third kappa shape index (κ3) is 4.59. The molecule has 0 aliphatic carbocycles. The first-order valence-electron chi connectivity index (χ1n) is 8.83. The quantitative estimate of drug-likeness (QED) is 0.347. The number of ether oxygens (including phenoxy) is 1. The zero-order valence-corrected chi connectivity index (χ0v) is 15.1. The molecule has 0 heterocycles. The Bertz CT molecular complexity index is 957. The van der Waals surface area contributed by atoms with Crippen LogP contribution in [0.1, 0.15) is 38.8 Å². The van der Waals surface area contributed by atoms with Crippen molar-refractivity contribution < 1.29 is 14.3 Å². The molecule has 0 N–H and O–H groups in total. The summed E-state index contributed by atoms with van der Waals surface area (Å²) in [7, 11) is 0. The molecule has 0 saturated heterocycles. The smallest absolute Gasteiger partial charge is 0.338 e. The largest absolute Gasteiger partial charge is 0.462 e. The van der Waals surface area contributed by atoms with E-state index in [-0.39, 0.29) is 11.8 Å². The Morgan fingerprint density at radius 1 is 0.741 bits per heavy atom. The van der Waals surface area contributed by atoms with Gasteiger partial charge in [-0.1, -0.05) is 72.8 Å². The first-order chi connectivity index (χ1) is 13.2. The second-order valence-corrected chi connectivity index (χ2v) is 5.96. The van der Waals surface area contributed by atoms with Gasteiger partial charge in [0.25, 0.3) is 0 Å². The summed E-state index contributed by atoms with van der Waals surface area (Å²) in [6, 6.07) is 25.9. The highest BCUT2D eigenvalue weighted by atomic mass is 16.5. The van der Waals surface area contributed by atoms with Crippen LogP contribution in [0.5, 0.6) is 0 Å². The van der Waals surface area contributed by atoms with Crippen molar-refractivity contribution in [3.63, 3.8) is 0 Å². The lowest BCUT2D eigenvalue weighted by atomic mass is 9.94. The number of carbonyl (C=O) groups is 2. The Morgan fingerprint density at radius 3 is 1.93 bits per heavy atom. The summed E-state index contributed by atoms with van der Waals surface area (Å²) < 4.78 is 5.09. The molecule has 0 atom stereocenters. The zero-order chi connectivity index (χ0) is 19.1. The summed E-state index contributed by atoms with van der Waals surface area (Å²) in [5, 5.41) is 0. The molecule has 0 bridgehead atoms. The van der Waals surface area contributed by atoms with Crippen LogP contribution in [0.3, 0.4) is 0 Å². The van der Waals surface area contributed by atoms with E-state index in [1.54, 1.807) is 43.3 Å². The minimum Gasteiger partial charge on any atom is -0.462 e. The Balaban J connectivity index is 2.06. The van der Waals surface area contributed by atoms with Crippen LogP contribution in [0, 0.1) is 0 Å². The average Bonchev–Trinajstić information content (AvgIpc) is 2.73. The molecule has 0 amide bonds. The van der Waals surface area contributed by atoms with Crippen molar-refractivity contribution in [3.8, 4) is 0 Å². The highest BCUT2D eigenvalue weighted by Gasteiger charge is 2.12. The molecule has 3 aromatic rings. The minimum absolute atomic E-state index is 0.0870. The molecule has 3 aromatic carbocycles. The summed E-state index contributed by atoms with van der Waals surface area (Å²) in [6.45, 7) is 2.09. The van der Waals surface area contributed by atoms with E-state index >= 15 is 0 Å². The van der Waals surface area contributed by atoms with Gasteiger partial charge in [0.2, 0.25) is 0 Å². The number of hydrogen-bond acceptors (Lipinski definition) is 3. The van der Waals surface area contributed by atoms with Crippen molar-refractivity contribution >= 4 is 17.3 Å². The number of allylic oxidation sites excluding steroid dienone is 1. The maximum Gasteiger partial charge on any atom is 0.338 e. The first-order valence-corrected chi connectivity index (χ1v) is 8.83. The van der Waals surface area contributed by atoms with E-state index in [0.717, 1.165) is 16.7 Å². The van der Waals surface area contributed by atoms with Crippen molar-refractivity contribution in [2.75, 3.05) is 6.61 Å². The topological polar surface area (TPSA) is 43.4 Å². The van der Waals surface area contributed by atoms with Crippen LogP contribution in [0.2, 0.25) is 0 Å². The fraction of sp³-hybridized carbons (Fsp3) is 0.0833. The van der Waals surface area contributed by atoms with E-state index in [9.17, 15) is 9.59 Å². The maximum absolute atomic E-state index is 12.8. The molecule has 0 aromatic heterocycles. The monoisotopic (exact) mass is 356 g/mol. The van der Waals surface area contributed by atoms with Crippen molar-refractivity contribution in [2.24, 2.45) is 0 Å². The van der Waals surface area contributed by atoms with E-state index in [1.165, 1.54) is 0 Å². The molecule has 0 aliphatic rings. The number of rotatable bonds is 6. The molecule has 27 heavy (non-hydrogen) atoms. The second-order valence-electron chi connectivity index (χ2n) is 5.96. The van der Waals surface area contributed by atoms with Gasteiger partial charge in [-0.05, 0) is 41.8 Å². The lowest BCUT2D eigenvalue weighted by Gasteiger charge is -2.10. The Morgan fingerprint density at radius 2 is 1.30 bits per heavy atom. The van der Waals surface area contributed by atoms with Crippen LogP contribution >= 0.6 is 0 Å². The van der Waals surface area contributed by atoms with Gasteiger partial charge in [-0.25, -0.2) is 4.79 Å². The van der Waals surface area contributed by atoms with Gasteiger partial charge in [0.05, 0.1) is 12.2 Å². The number of ketones is 1. The van der Waals surface area contributed by atoms with E-state index in [2.05, 4.69) is 0 Å². The average molecular weight is 356 g/mol. The third-order valence-corrected chi connectivity index (χ3v) is 4.10. The lowest BCUT2D eigenvalue weighted by molar-refractivity contribution is 0.0526. The SMILES string of the molecule is CCOC(=O)c1cccc(/C(=C/C(=O)c2ccccc2)c2ccccc2)c1. The van der Waals surface area contributed by atoms with Gasteiger partial charge in [0, 0.05) is 5.56 Å². The van der Waals surface area contributed by atoms with Crippen LogP contribution < -0.4 is 0 Å². The highest BCUT2D eigenvalue weighted by Crippen LogP contribution is 2.25. The van der Waals surface area contributed by atoms with Gasteiger partial charge in [0.15, 0.2) is 5.78 Å². The number of hydrogen-bond donors (Lipinski definition) is 0. The van der Waals surface area contributed by atoms with E-state index in [0.29, 0.717) is 17.7 Å². The van der Waals surface area contributed by atoms with Crippen LogP contribution in [-0.4, -0.2) is 18.4 Å². The predicted molar refractivity (Wildman–Crippen MR) is 107 cm³/mol. The maximum atomic E-state index is 12.8. The van der Waals surface area contributed by atoms with Gasteiger partial charge in [-0.15, -0.1) is 0 Å². The molecule has 0 aliphatic heterocycles. The normalized spacial score (nSPS) is 11.1. The highest BCUT2D eigenvalue weighted by molar-refractivity contribution is 6.10. The molecule has 3 heteroatoms. The fourth-order valence-electron chi connectivity index (χ4n) is 2.80. The van der Waals surface area contributed by atoms with Crippen LogP contribution in [-0.2, 0) is 4.74 Å². The fourth-order valence-corrected chi connectivity index (χ4v) is 2.80. The Labute approximate surface area is 158 Å². The minimum atomic E-state index is -0.374. The first kappa shape index (κ1) is 18.3.